The molecule has 2 heterocycles. The lowest BCUT2D eigenvalue weighted by atomic mass is 9.96. The number of piperidine rings is 1. The SMILES string of the molecule is COC(=O)c1c(C)oc(C)c1S(=O)(=O)NCCC1CCCNC1. The van der Waals surface area contributed by atoms with E-state index in [0.29, 0.717) is 12.5 Å². The van der Waals surface area contributed by atoms with E-state index in [0.717, 1.165) is 32.4 Å². The van der Waals surface area contributed by atoms with Gasteiger partial charge in [-0.2, -0.15) is 0 Å². The fourth-order valence-corrected chi connectivity index (χ4v) is 4.41. The van der Waals surface area contributed by atoms with Crippen LogP contribution in [0.25, 0.3) is 0 Å². The third-order valence-corrected chi connectivity index (χ3v) is 5.72. The molecule has 0 bridgehead atoms. The molecule has 0 amide bonds. The smallest absolute Gasteiger partial charge is 0.342 e. The number of sulfonamides is 1. The van der Waals surface area contributed by atoms with Gasteiger partial charge in [-0.05, 0) is 52.1 Å². The molecule has 1 aliphatic heterocycles. The number of aryl methyl sites for hydroxylation is 2. The van der Waals surface area contributed by atoms with Gasteiger partial charge in [0.2, 0.25) is 10.0 Å². The number of hydrogen-bond acceptors (Lipinski definition) is 6. The third-order valence-electron chi connectivity index (χ3n) is 4.11. The van der Waals surface area contributed by atoms with Gasteiger partial charge in [-0.3, -0.25) is 0 Å². The molecule has 1 saturated heterocycles. The minimum atomic E-state index is -3.82. The van der Waals surface area contributed by atoms with E-state index in [1.54, 1.807) is 6.92 Å². The molecule has 8 heteroatoms. The molecule has 0 aromatic carbocycles. The number of esters is 1. The van der Waals surface area contributed by atoms with E-state index in [9.17, 15) is 13.2 Å². The van der Waals surface area contributed by atoms with E-state index in [1.165, 1.54) is 14.0 Å². The second-order valence-electron chi connectivity index (χ2n) is 5.81. The van der Waals surface area contributed by atoms with Gasteiger partial charge in [0.1, 0.15) is 22.0 Å². The summed E-state index contributed by atoms with van der Waals surface area (Å²) in [6.45, 7) is 5.35. The van der Waals surface area contributed by atoms with Crippen molar-refractivity contribution in [3.8, 4) is 0 Å². The van der Waals surface area contributed by atoms with E-state index in [1.807, 2.05) is 0 Å². The number of furan rings is 1. The Morgan fingerprint density at radius 3 is 2.74 bits per heavy atom. The first-order valence-corrected chi connectivity index (χ1v) is 9.23. The molecule has 1 aromatic heterocycles. The van der Waals surface area contributed by atoms with Crippen LogP contribution in [0.2, 0.25) is 0 Å². The molecule has 1 atom stereocenters. The van der Waals surface area contributed by atoms with Crippen LogP contribution in [0.15, 0.2) is 9.31 Å². The van der Waals surface area contributed by atoms with Gasteiger partial charge in [0, 0.05) is 6.54 Å². The minimum absolute atomic E-state index is 0.0307. The van der Waals surface area contributed by atoms with E-state index >= 15 is 0 Å². The number of carbonyl (C=O) groups excluding carboxylic acids is 1. The van der Waals surface area contributed by atoms with Crippen LogP contribution in [-0.4, -0.2) is 41.1 Å². The van der Waals surface area contributed by atoms with Crippen molar-refractivity contribution >= 4 is 16.0 Å². The molecular weight excluding hydrogens is 320 g/mol. The number of ether oxygens (including phenoxy) is 1. The highest BCUT2D eigenvalue weighted by molar-refractivity contribution is 7.89. The molecule has 130 valence electrons. The molecule has 0 aliphatic carbocycles. The highest BCUT2D eigenvalue weighted by Gasteiger charge is 2.31. The van der Waals surface area contributed by atoms with E-state index in [4.69, 9.17) is 4.42 Å². The van der Waals surface area contributed by atoms with Crippen molar-refractivity contribution in [2.45, 2.75) is 38.0 Å². The summed E-state index contributed by atoms with van der Waals surface area (Å²) in [6.07, 6.45) is 2.98. The molecule has 1 fully saturated rings. The normalized spacial score (nSPS) is 18.8. The molecule has 2 N–H and O–H groups in total. The van der Waals surface area contributed by atoms with Gasteiger partial charge in [0.05, 0.1) is 7.11 Å². The first-order valence-electron chi connectivity index (χ1n) is 7.75. The summed E-state index contributed by atoms with van der Waals surface area (Å²) in [5, 5.41) is 3.30. The Hall–Kier alpha value is -1.38. The predicted octanol–water partition coefficient (Wildman–Crippen LogP) is 1.35. The maximum atomic E-state index is 12.6. The zero-order valence-electron chi connectivity index (χ0n) is 13.8. The van der Waals surface area contributed by atoms with Gasteiger partial charge in [-0.1, -0.05) is 0 Å². The zero-order valence-corrected chi connectivity index (χ0v) is 14.6. The highest BCUT2D eigenvalue weighted by atomic mass is 32.2. The Bertz CT molecular complexity index is 660. The average molecular weight is 344 g/mol. The van der Waals surface area contributed by atoms with Gasteiger partial charge in [0.25, 0.3) is 0 Å². The summed E-state index contributed by atoms with van der Waals surface area (Å²) in [6, 6.07) is 0. The molecule has 0 radical (unpaired) electrons. The predicted molar refractivity (Wildman–Crippen MR) is 84.9 cm³/mol. The number of carbonyl (C=O) groups is 1. The lowest BCUT2D eigenvalue weighted by Crippen LogP contribution is -2.33. The lowest BCUT2D eigenvalue weighted by Gasteiger charge is -2.22. The Morgan fingerprint density at radius 1 is 1.39 bits per heavy atom. The topological polar surface area (TPSA) is 97.6 Å². The minimum Gasteiger partial charge on any atom is -0.465 e. The standard InChI is InChI=1S/C15H24N2O5S/c1-10-13(15(18)21-3)14(11(2)22-10)23(19,20)17-8-6-12-5-4-7-16-9-12/h12,16-17H,4-9H2,1-3H3. The number of rotatable bonds is 6. The van der Waals surface area contributed by atoms with E-state index < -0.39 is 16.0 Å². The van der Waals surface area contributed by atoms with Crippen LogP contribution in [0.5, 0.6) is 0 Å². The van der Waals surface area contributed by atoms with Crippen LogP contribution in [0.4, 0.5) is 0 Å². The second-order valence-corrected chi connectivity index (χ2v) is 7.51. The Kier molecular flexibility index (Phi) is 5.83. The largest absolute Gasteiger partial charge is 0.465 e. The third kappa shape index (κ3) is 4.13. The second kappa shape index (κ2) is 7.46. The van der Waals surface area contributed by atoms with Gasteiger partial charge in [-0.15, -0.1) is 0 Å². The summed E-state index contributed by atoms with van der Waals surface area (Å²) in [5.41, 5.74) is -0.0307. The maximum Gasteiger partial charge on any atom is 0.342 e. The molecule has 7 nitrogen and oxygen atoms in total. The Labute approximate surface area is 136 Å². The van der Waals surface area contributed by atoms with Crippen LogP contribution in [0.3, 0.4) is 0 Å². The molecule has 2 rings (SSSR count). The maximum absolute atomic E-state index is 12.6. The summed E-state index contributed by atoms with van der Waals surface area (Å²) in [4.78, 5) is 11.7. The molecule has 1 aromatic rings. The molecule has 0 spiro atoms. The summed E-state index contributed by atoms with van der Waals surface area (Å²) in [7, 11) is -2.61. The van der Waals surface area contributed by atoms with E-state index in [-0.39, 0.29) is 22.0 Å². The average Bonchev–Trinajstić information content (AvgIpc) is 2.82. The molecule has 1 unspecified atom stereocenters. The Morgan fingerprint density at radius 2 is 2.13 bits per heavy atom. The summed E-state index contributed by atoms with van der Waals surface area (Å²) >= 11 is 0. The van der Waals surface area contributed by atoms with Crippen LogP contribution < -0.4 is 10.0 Å². The van der Waals surface area contributed by atoms with Crippen molar-refractivity contribution in [2.75, 3.05) is 26.7 Å². The quantitative estimate of drug-likeness (QED) is 0.756. The summed E-state index contributed by atoms with van der Waals surface area (Å²) < 4.78 is 37.7. The van der Waals surface area contributed by atoms with Gasteiger partial charge in [0.15, 0.2) is 0 Å². The van der Waals surface area contributed by atoms with Crippen LogP contribution in [-0.2, 0) is 14.8 Å². The number of nitrogens with one attached hydrogen (secondary N) is 2. The zero-order chi connectivity index (χ0) is 17.0. The summed E-state index contributed by atoms with van der Waals surface area (Å²) in [5.74, 6) is 0.191. The molecular formula is C15H24N2O5S. The van der Waals surface area contributed by atoms with Crippen molar-refractivity contribution in [2.24, 2.45) is 5.92 Å². The van der Waals surface area contributed by atoms with Crippen LogP contribution in [0, 0.1) is 19.8 Å². The number of methoxy groups -OCH3 is 1. The van der Waals surface area contributed by atoms with Crippen LogP contribution in [0.1, 0.15) is 41.1 Å². The van der Waals surface area contributed by atoms with Crippen molar-refractivity contribution in [3.05, 3.63) is 17.1 Å². The first-order chi connectivity index (χ1) is 10.9. The van der Waals surface area contributed by atoms with Gasteiger partial charge < -0.3 is 14.5 Å². The van der Waals surface area contributed by atoms with Crippen molar-refractivity contribution < 1.29 is 22.4 Å². The van der Waals surface area contributed by atoms with Crippen molar-refractivity contribution in [3.63, 3.8) is 0 Å². The molecule has 1 aliphatic rings. The van der Waals surface area contributed by atoms with Crippen molar-refractivity contribution in [1.29, 1.82) is 0 Å². The highest BCUT2D eigenvalue weighted by Crippen LogP contribution is 2.27. The first kappa shape index (κ1) is 18.0. The van der Waals surface area contributed by atoms with Crippen LogP contribution >= 0.6 is 0 Å². The van der Waals surface area contributed by atoms with Gasteiger partial charge in [-0.25, -0.2) is 17.9 Å². The lowest BCUT2D eigenvalue weighted by molar-refractivity contribution is 0.0595. The fraction of sp³-hybridized carbons (Fsp3) is 0.667. The molecule has 0 saturated carbocycles. The van der Waals surface area contributed by atoms with Gasteiger partial charge >= 0.3 is 5.97 Å². The van der Waals surface area contributed by atoms with Crippen molar-refractivity contribution in [1.82, 2.24) is 10.0 Å². The fourth-order valence-electron chi connectivity index (χ4n) is 2.96. The van der Waals surface area contributed by atoms with E-state index in [2.05, 4.69) is 14.8 Å². The monoisotopic (exact) mass is 344 g/mol. The molecule has 23 heavy (non-hydrogen) atoms. The number of hydrogen-bond donors (Lipinski definition) is 2. The Balaban J connectivity index is 2.11.